The summed E-state index contributed by atoms with van der Waals surface area (Å²) in [6.45, 7) is 0. The average molecular weight is 410 g/mol. The Hall–Kier alpha value is -2.00. The van der Waals surface area contributed by atoms with Crippen molar-refractivity contribution in [3.05, 3.63) is 53.1 Å². The number of halogens is 1. The first-order valence-corrected chi connectivity index (χ1v) is 10.2. The third kappa shape index (κ3) is 3.33. The van der Waals surface area contributed by atoms with Gasteiger partial charge in [-0.05, 0) is 30.3 Å². The van der Waals surface area contributed by atoms with Gasteiger partial charge in [-0.25, -0.2) is 17.7 Å². The molecule has 0 bridgehead atoms. The SMILES string of the molecule is CN(C(=O)c1cc(S(=O)(=O)N(C)C)ccc1Cl)c1nc2ccccc2s1. The topological polar surface area (TPSA) is 70.6 Å². The number of hydrogen-bond acceptors (Lipinski definition) is 5. The summed E-state index contributed by atoms with van der Waals surface area (Å²) >= 11 is 7.53. The van der Waals surface area contributed by atoms with Gasteiger partial charge in [0.05, 0.1) is 25.7 Å². The minimum atomic E-state index is -3.67. The fourth-order valence-electron chi connectivity index (χ4n) is 2.31. The van der Waals surface area contributed by atoms with Crippen LogP contribution in [-0.2, 0) is 10.0 Å². The van der Waals surface area contributed by atoms with Crippen molar-refractivity contribution < 1.29 is 13.2 Å². The number of sulfonamides is 1. The number of aromatic nitrogens is 1. The molecule has 0 fully saturated rings. The lowest BCUT2D eigenvalue weighted by molar-refractivity contribution is 0.0993. The van der Waals surface area contributed by atoms with Crippen LogP contribution in [0.15, 0.2) is 47.4 Å². The highest BCUT2D eigenvalue weighted by atomic mass is 35.5. The lowest BCUT2D eigenvalue weighted by Gasteiger charge is -2.16. The smallest absolute Gasteiger partial charge is 0.261 e. The third-order valence-electron chi connectivity index (χ3n) is 3.82. The van der Waals surface area contributed by atoms with E-state index in [1.807, 2.05) is 24.3 Å². The van der Waals surface area contributed by atoms with E-state index in [9.17, 15) is 13.2 Å². The van der Waals surface area contributed by atoms with E-state index in [2.05, 4.69) is 4.98 Å². The molecule has 1 heterocycles. The van der Waals surface area contributed by atoms with Crippen LogP contribution in [0, 0.1) is 0 Å². The van der Waals surface area contributed by atoms with Crippen molar-refractivity contribution in [2.45, 2.75) is 4.90 Å². The van der Waals surface area contributed by atoms with E-state index >= 15 is 0 Å². The molecule has 0 saturated heterocycles. The third-order valence-corrected chi connectivity index (χ3v) is 7.07. The number of nitrogens with zero attached hydrogens (tertiary/aromatic N) is 3. The minimum Gasteiger partial charge on any atom is -0.287 e. The zero-order valence-corrected chi connectivity index (χ0v) is 16.7. The lowest BCUT2D eigenvalue weighted by Crippen LogP contribution is -2.27. The van der Waals surface area contributed by atoms with Gasteiger partial charge in [-0.1, -0.05) is 35.1 Å². The number of anilines is 1. The molecule has 0 atom stereocenters. The predicted molar refractivity (Wildman–Crippen MR) is 105 cm³/mol. The summed E-state index contributed by atoms with van der Waals surface area (Å²) in [4.78, 5) is 18.7. The molecule has 6 nitrogen and oxygen atoms in total. The summed E-state index contributed by atoms with van der Waals surface area (Å²) < 4.78 is 26.7. The molecule has 1 aromatic heterocycles. The van der Waals surface area contributed by atoms with Gasteiger partial charge in [0, 0.05) is 21.1 Å². The second-order valence-corrected chi connectivity index (χ2v) is 9.33. The summed E-state index contributed by atoms with van der Waals surface area (Å²) in [5, 5.41) is 0.689. The fourth-order valence-corrected chi connectivity index (χ4v) is 4.36. The maximum Gasteiger partial charge on any atom is 0.261 e. The summed E-state index contributed by atoms with van der Waals surface area (Å²) in [6.07, 6.45) is 0. The number of benzene rings is 2. The van der Waals surface area contributed by atoms with Gasteiger partial charge in [-0.3, -0.25) is 9.69 Å². The summed E-state index contributed by atoms with van der Waals surface area (Å²) in [5.41, 5.74) is 0.901. The quantitative estimate of drug-likeness (QED) is 0.661. The normalized spacial score (nSPS) is 11.9. The van der Waals surface area contributed by atoms with Crippen LogP contribution in [0.4, 0.5) is 5.13 Å². The van der Waals surface area contributed by atoms with Crippen molar-refractivity contribution in [1.29, 1.82) is 0 Å². The van der Waals surface area contributed by atoms with Crippen molar-refractivity contribution >= 4 is 54.2 Å². The fraction of sp³-hybridized carbons (Fsp3) is 0.176. The maximum absolute atomic E-state index is 12.9. The monoisotopic (exact) mass is 409 g/mol. The van der Waals surface area contributed by atoms with Crippen molar-refractivity contribution in [2.24, 2.45) is 0 Å². The van der Waals surface area contributed by atoms with Crippen molar-refractivity contribution in [3.63, 3.8) is 0 Å². The first kappa shape index (κ1) is 18.8. The van der Waals surface area contributed by atoms with E-state index in [4.69, 9.17) is 11.6 Å². The molecule has 3 rings (SSSR count). The molecule has 3 aromatic rings. The summed E-state index contributed by atoms with van der Waals surface area (Å²) in [6, 6.07) is 11.7. The van der Waals surface area contributed by atoms with E-state index in [0.29, 0.717) is 5.13 Å². The highest BCUT2D eigenvalue weighted by Crippen LogP contribution is 2.30. The molecular formula is C17H16ClN3O3S2. The minimum absolute atomic E-state index is 0.00736. The Morgan fingerprint density at radius 1 is 1.12 bits per heavy atom. The van der Waals surface area contributed by atoms with Crippen molar-refractivity contribution in [2.75, 3.05) is 26.0 Å². The van der Waals surface area contributed by atoms with Crippen LogP contribution in [0.1, 0.15) is 10.4 Å². The van der Waals surface area contributed by atoms with Crippen molar-refractivity contribution in [3.8, 4) is 0 Å². The first-order chi connectivity index (χ1) is 12.2. The van der Waals surface area contributed by atoms with Gasteiger partial charge < -0.3 is 0 Å². The molecule has 0 aliphatic rings. The molecular weight excluding hydrogens is 394 g/mol. The highest BCUT2D eigenvalue weighted by Gasteiger charge is 2.24. The van der Waals surface area contributed by atoms with Gasteiger partial charge >= 0.3 is 0 Å². The van der Waals surface area contributed by atoms with Crippen LogP contribution in [-0.4, -0.2) is 44.8 Å². The maximum atomic E-state index is 12.9. The van der Waals surface area contributed by atoms with Crippen LogP contribution in [0.2, 0.25) is 5.02 Å². The van der Waals surface area contributed by atoms with E-state index in [0.717, 1.165) is 14.5 Å². The Labute approximate surface area is 160 Å². The number of hydrogen-bond donors (Lipinski definition) is 0. The standard InChI is InChI=1S/C17H16ClN3O3S2/c1-20(2)26(23,24)11-8-9-13(18)12(10-11)16(22)21(3)17-19-14-6-4-5-7-15(14)25-17/h4-10H,1-3H3. The van der Waals surface area contributed by atoms with E-state index < -0.39 is 15.9 Å². The molecule has 136 valence electrons. The van der Waals surface area contributed by atoms with Gasteiger partial charge in [-0.2, -0.15) is 0 Å². The van der Waals surface area contributed by atoms with Crippen LogP contribution < -0.4 is 4.90 Å². The van der Waals surface area contributed by atoms with Crippen LogP contribution in [0.5, 0.6) is 0 Å². The zero-order valence-electron chi connectivity index (χ0n) is 14.3. The number of thiazole rings is 1. The van der Waals surface area contributed by atoms with E-state index in [1.54, 1.807) is 7.05 Å². The molecule has 0 spiro atoms. The molecule has 0 aliphatic heterocycles. The van der Waals surface area contributed by atoms with Crippen LogP contribution in [0.3, 0.4) is 0 Å². The molecule has 0 aliphatic carbocycles. The molecule has 26 heavy (non-hydrogen) atoms. The molecule has 0 N–H and O–H groups in total. The van der Waals surface area contributed by atoms with Gasteiger partial charge in [0.2, 0.25) is 10.0 Å². The zero-order chi connectivity index (χ0) is 19.1. The molecule has 9 heteroatoms. The summed E-state index contributed by atoms with van der Waals surface area (Å²) in [7, 11) is 0.776. The second-order valence-electron chi connectivity index (χ2n) is 5.76. The second kappa shape index (κ2) is 6.96. The number of fused-ring (bicyclic) bond motifs is 1. The predicted octanol–water partition coefficient (Wildman–Crippen LogP) is 3.48. The Morgan fingerprint density at radius 3 is 2.46 bits per heavy atom. The Kier molecular flexibility index (Phi) is 5.03. The highest BCUT2D eigenvalue weighted by molar-refractivity contribution is 7.89. The Balaban J connectivity index is 2.01. The van der Waals surface area contributed by atoms with Gasteiger partial charge in [0.15, 0.2) is 5.13 Å². The number of carbonyl (C=O) groups is 1. The lowest BCUT2D eigenvalue weighted by atomic mass is 10.2. The largest absolute Gasteiger partial charge is 0.287 e. The summed E-state index contributed by atoms with van der Waals surface area (Å²) in [5.74, 6) is -0.426. The first-order valence-electron chi connectivity index (χ1n) is 7.57. The Morgan fingerprint density at radius 2 is 1.81 bits per heavy atom. The van der Waals surface area contributed by atoms with Crippen LogP contribution in [0.25, 0.3) is 10.2 Å². The van der Waals surface area contributed by atoms with Gasteiger partial charge in [0.1, 0.15) is 0 Å². The molecule has 0 saturated carbocycles. The average Bonchev–Trinajstić information content (AvgIpc) is 3.04. The molecule has 2 aromatic carbocycles. The number of carbonyl (C=O) groups excluding carboxylic acids is 1. The van der Waals surface area contributed by atoms with E-state index in [1.165, 1.54) is 48.5 Å². The number of rotatable bonds is 4. The van der Waals surface area contributed by atoms with Crippen molar-refractivity contribution in [1.82, 2.24) is 9.29 Å². The van der Waals surface area contributed by atoms with Gasteiger partial charge in [0.25, 0.3) is 5.91 Å². The molecule has 1 amide bonds. The van der Waals surface area contributed by atoms with Gasteiger partial charge in [-0.15, -0.1) is 0 Å². The number of amides is 1. The van der Waals surface area contributed by atoms with Crippen LogP contribution >= 0.6 is 22.9 Å². The molecule has 0 unspecified atom stereocenters. The van der Waals surface area contributed by atoms with E-state index in [-0.39, 0.29) is 15.5 Å². The number of para-hydroxylation sites is 1. The molecule has 0 radical (unpaired) electrons. The Bertz CT molecular complexity index is 1060.